The van der Waals surface area contributed by atoms with Crippen molar-refractivity contribution in [2.24, 2.45) is 0 Å². The van der Waals surface area contributed by atoms with E-state index in [1.807, 2.05) is 13.8 Å². The zero-order chi connectivity index (χ0) is 40.6. The summed E-state index contributed by atoms with van der Waals surface area (Å²) in [5.41, 5.74) is 0. The van der Waals surface area contributed by atoms with Gasteiger partial charge in [-0.2, -0.15) is 0 Å². The van der Waals surface area contributed by atoms with E-state index in [0.717, 1.165) is 26.1 Å². The highest BCUT2D eigenvalue weighted by atomic mass is 31.2. The van der Waals surface area contributed by atoms with E-state index in [0.29, 0.717) is 19.8 Å². The van der Waals surface area contributed by atoms with E-state index >= 15 is 0 Å². The van der Waals surface area contributed by atoms with E-state index in [1.54, 1.807) is 0 Å². The maximum absolute atomic E-state index is 12.7. The van der Waals surface area contributed by atoms with E-state index in [4.69, 9.17) is 13.6 Å². The summed E-state index contributed by atoms with van der Waals surface area (Å²) in [5.74, 6) is 0. The van der Waals surface area contributed by atoms with Gasteiger partial charge in [0.1, 0.15) is 0 Å². The van der Waals surface area contributed by atoms with Crippen molar-refractivity contribution >= 4 is 7.82 Å². The summed E-state index contributed by atoms with van der Waals surface area (Å²) in [6.45, 7) is 26.1. The highest BCUT2D eigenvalue weighted by molar-refractivity contribution is 7.48. The average Bonchev–Trinajstić information content (AvgIpc) is 3.19. The van der Waals surface area contributed by atoms with Gasteiger partial charge in [0, 0.05) is 32.7 Å². The molecule has 0 aromatic rings. The molecule has 0 amide bonds. The molecule has 0 saturated carbocycles. The number of phosphoric acid groups is 1. The van der Waals surface area contributed by atoms with Gasteiger partial charge in [-0.3, -0.25) is 13.6 Å². The fourth-order valence-electron chi connectivity index (χ4n) is 8.24. The Labute approximate surface area is 350 Å². The number of unbranched alkanes of at least 4 members (excludes halogenated alkanes) is 21. The van der Waals surface area contributed by atoms with Crippen LogP contribution in [0, 0.1) is 0 Å². The molecule has 1 rings (SSSR count). The fraction of sp³-hybridized carbons (Fsp3) is 1.00. The van der Waals surface area contributed by atoms with Crippen LogP contribution in [-0.4, -0.2) is 118 Å². The third kappa shape index (κ3) is 32.8. The van der Waals surface area contributed by atoms with Crippen LogP contribution < -0.4 is 0 Å². The van der Waals surface area contributed by atoms with Crippen LogP contribution >= 0.6 is 7.82 Å². The Kier molecular flexibility index (Phi) is 38.9. The third-order valence-electron chi connectivity index (χ3n) is 11.8. The summed E-state index contributed by atoms with van der Waals surface area (Å²) in [6.07, 6.45) is 36.8. The van der Waals surface area contributed by atoms with Crippen molar-refractivity contribution in [1.29, 1.82) is 0 Å². The van der Waals surface area contributed by atoms with Crippen LogP contribution in [0.25, 0.3) is 0 Å². The largest absolute Gasteiger partial charge is 0.474 e. The van der Waals surface area contributed by atoms with Crippen molar-refractivity contribution in [2.45, 2.75) is 208 Å². The topological polar surface area (TPSA) is 57.7 Å². The molecule has 0 aliphatic carbocycles. The quantitative estimate of drug-likeness (QED) is 0.0445. The Morgan fingerprint density at radius 1 is 0.375 bits per heavy atom. The number of nitrogens with zero attached hydrogens (tertiary/aromatic N) is 4. The average molecular weight is 815 g/mol. The number of hydrogen-bond acceptors (Lipinski definition) is 8. The molecular weight excluding hydrogens is 716 g/mol. The third-order valence-corrected chi connectivity index (χ3v) is 13.4. The zero-order valence-electron chi connectivity index (χ0n) is 38.6. The number of phosphoric ester groups is 1. The molecule has 0 unspecified atom stereocenters. The van der Waals surface area contributed by atoms with Crippen molar-refractivity contribution in [3.63, 3.8) is 0 Å². The van der Waals surface area contributed by atoms with Gasteiger partial charge in [-0.1, -0.05) is 156 Å². The maximum Gasteiger partial charge on any atom is 0.474 e. The van der Waals surface area contributed by atoms with E-state index in [1.165, 1.54) is 226 Å². The van der Waals surface area contributed by atoms with Crippen molar-refractivity contribution in [1.82, 2.24) is 19.6 Å². The van der Waals surface area contributed by atoms with E-state index in [-0.39, 0.29) is 0 Å². The molecule has 1 aliphatic heterocycles. The lowest BCUT2D eigenvalue weighted by molar-refractivity contribution is 0.112. The summed E-state index contributed by atoms with van der Waals surface area (Å²) in [6, 6.07) is 0. The Balaban J connectivity index is 2.42. The second-order valence-corrected chi connectivity index (χ2v) is 18.6. The van der Waals surface area contributed by atoms with Gasteiger partial charge in [0.2, 0.25) is 0 Å². The number of hydrogen-bond donors (Lipinski definition) is 0. The number of piperazine rings is 1. The van der Waals surface area contributed by atoms with E-state index in [2.05, 4.69) is 40.4 Å². The summed E-state index contributed by atoms with van der Waals surface area (Å²) in [7, 11) is -3.43. The monoisotopic (exact) mass is 815 g/mol. The Morgan fingerprint density at radius 3 is 0.982 bits per heavy atom. The van der Waals surface area contributed by atoms with Crippen LogP contribution in [0.2, 0.25) is 0 Å². The van der Waals surface area contributed by atoms with Gasteiger partial charge >= 0.3 is 7.82 Å². The molecule has 0 aromatic heterocycles. The lowest BCUT2D eigenvalue weighted by Gasteiger charge is -2.35. The molecular formula is C47H99N4O4P. The van der Waals surface area contributed by atoms with Crippen molar-refractivity contribution < 1.29 is 18.1 Å². The van der Waals surface area contributed by atoms with Crippen LogP contribution in [-0.2, 0) is 18.1 Å². The molecule has 8 nitrogen and oxygen atoms in total. The summed E-state index contributed by atoms with van der Waals surface area (Å²) in [5, 5.41) is 0. The first kappa shape index (κ1) is 54.0. The minimum absolute atomic E-state index is 0.327. The molecule has 0 atom stereocenters. The van der Waals surface area contributed by atoms with E-state index in [9.17, 15) is 4.57 Å². The number of rotatable bonds is 44. The van der Waals surface area contributed by atoms with Gasteiger partial charge in [0.05, 0.1) is 19.8 Å². The van der Waals surface area contributed by atoms with Crippen LogP contribution in [0.3, 0.4) is 0 Å². The molecule has 0 spiro atoms. The Hall–Kier alpha value is -0.0500. The Morgan fingerprint density at radius 2 is 0.661 bits per heavy atom. The van der Waals surface area contributed by atoms with Gasteiger partial charge in [0.15, 0.2) is 0 Å². The van der Waals surface area contributed by atoms with Crippen LogP contribution in [0.4, 0.5) is 0 Å². The highest BCUT2D eigenvalue weighted by Crippen LogP contribution is 2.49. The predicted molar refractivity (Wildman–Crippen MR) is 244 cm³/mol. The normalized spacial score (nSPS) is 14.6. The molecule has 1 saturated heterocycles. The molecule has 0 radical (unpaired) electrons. The molecule has 1 fully saturated rings. The Bertz CT molecular complexity index is 817. The van der Waals surface area contributed by atoms with Gasteiger partial charge in [-0.05, 0) is 98.2 Å². The van der Waals surface area contributed by atoms with Crippen molar-refractivity contribution in [2.75, 3.05) is 98.4 Å². The summed E-state index contributed by atoms with van der Waals surface area (Å²) in [4.78, 5) is 10.9. The first-order valence-corrected chi connectivity index (χ1v) is 26.4. The minimum atomic E-state index is -3.43. The lowest BCUT2D eigenvalue weighted by atomic mass is 10.1. The predicted octanol–water partition coefficient (Wildman–Crippen LogP) is 13.0. The first-order chi connectivity index (χ1) is 27.5. The second kappa shape index (κ2) is 40.4. The standard InChI is InChI=1S/C47H99N4O4P/c1-6-11-14-17-20-23-26-29-35-48(36-30-27-24-21-18-15-12-7-2)38-32-40-50-43-45-51(46-44-50)41-33-39-49(37-31-28-25-22-19-16-13-8-3)42-34-47-55-56(52,53-9-4)54-10-5/h6-47H2,1-5H3. The van der Waals surface area contributed by atoms with Gasteiger partial charge < -0.3 is 19.6 Å². The van der Waals surface area contributed by atoms with Crippen molar-refractivity contribution in [3.05, 3.63) is 0 Å². The van der Waals surface area contributed by atoms with Crippen LogP contribution in [0.1, 0.15) is 208 Å². The fourth-order valence-corrected chi connectivity index (χ4v) is 9.45. The molecule has 1 aliphatic rings. The minimum Gasteiger partial charge on any atom is -0.303 e. The van der Waals surface area contributed by atoms with Crippen molar-refractivity contribution in [3.8, 4) is 0 Å². The molecule has 1 heterocycles. The summed E-state index contributed by atoms with van der Waals surface area (Å²) >= 11 is 0. The maximum atomic E-state index is 12.7. The molecule has 9 heteroatoms. The SMILES string of the molecule is CCCCCCCCCCN(CCCCCCCCCC)CCCN1CCN(CCCN(CCCCCCCCCC)CCCOP(=O)(OCC)OCC)CC1. The van der Waals surface area contributed by atoms with Gasteiger partial charge in [-0.25, -0.2) is 4.57 Å². The first-order valence-electron chi connectivity index (χ1n) is 24.9. The molecule has 56 heavy (non-hydrogen) atoms. The summed E-state index contributed by atoms with van der Waals surface area (Å²) < 4.78 is 29.0. The lowest BCUT2D eigenvalue weighted by Crippen LogP contribution is -2.47. The molecule has 0 N–H and O–H groups in total. The molecule has 336 valence electrons. The molecule has 0 bridgehead atoms. The highest BCUT2D eigenvalue weighted by Gasteiger charge is 2.25. The van der Waals surface area contributed by atoms with Gasteiger partial charge in [0.25, 0.3) is 0 Å². The molecule has 0 aromatic carbocycles. The smallest absolute Gasteiger partial charge is 0.303 e. The van der Waals surface area contributed by atoms with E-state index < -0.39 is 7.82 Å². The van der Waals surface area contributed by atoms with Crippen LogP contribution in [0.15, 0.2) is 0 Å². The van der Waals surface area contributed by atoms with Gasteiger partial charge in [-0.15, -0.1) is 0 Å². The van der Waals surface area contributed by atoms with Crippen LogP contribution in [0.5, 0.6) is 0 Å². The second-order valence-electron chi connectivity index (χ2n) is 17.0. The zero-order valence-corrected chi connectivity index (χ0v) is 39.5.